The molecule has 3 N–H and O–H groups in total. The molecule has 0 spiro atoms. The number of benzene rings is 2. The number of nitrogens with zero attached hydrogens (tertiary/aromatic N) is 5. The van der Waals surface area contributed by atoms with Crippen LogP contribution in [0.4, 0.5) is 0 Å². The smallest absolute Gasteiger partial charge is 0.305 e. The third kappa shape index (κ3) is 6.41. The molecule has 0 unspecified atom stereocenters. The van der Waals surface area contributed by atoms with Gasteiger partial charge in [0, 0.05) is 24.6 Å². The van der Waals surface area contributed by atoms with E-state index in [0.717, 1.165) is 41.8 Å². The standard InChI is InChI=1S/C26H29N7O3/c1-2-3-9-23-27-16-22(26(36)28-21(15-24(34)35)14-18-7-5-4-6-8-18)33(23)17-19-10-12-20(13-11-19)25-29-31-32-30-25/h4-8,10-13,16,21H,2-3,9,14-15,17H2,1H3,(H,28,36)(H,34,35)(H,29,30,31,32)/t21-/m1/s1. The van der Waals surface area contributed by atoms with Crippen molar-refractivity contribution in [2.75, 3.05) is 0 Å². The number of carbonyl (C=O) groups excluding carboxylic acids is 1. The maximum atomic E-state index is 13.3. The van der Waals surface area contributed by atoms with Gasteiger partial charge in [0.05, 0.1) is 12.6 Å². The number of aromatic nitrogens is 6. The van der Waals surface area contributed by atoms with E-state index in [1.165, 1.54) is 0 Å². The van der Waals surface area contributed by atoms with Crippen molar-refractivity contribution < 1.29 is 14.7 Å². The number of H-pyrrole nitrogens is 1. The molecule has 2 aromatic carbocycles. The molecule has 36 heavy (non-hydrogen) atoms. The van der Waals surface area contributed by atoms with Crippen molar-refractivity contribution in [1.29, 1.82) is 0 Å². The average Bonchev–Trinajstić information content (AvgIpc) is 3.54. The van der Waals surface area contributed by atoms with Gasteiger partial charge in [0.2, 0.25) is 0 Å². The van der Waals surface area contributed by atoms with Crippen molar-refractivity contribution in [2.24, 2.45) is 0 Å². The van der Waals surface area contributed by atoms with Gasteiger partial charge in [-0.2, -0.15) is 0 Å². The van der Waals surface area contributed by atoms with Gasteiger partial charge in [-0.25, -0.2) is 10.1 Å². The minimum Gasteiger partial charge on any atom is -0.481 e. The van der Waals surface area contributed by atoms with E-state index in [9.17, 15) is 14.7 Å². The van der Waals surface area contributed by atoms with E-state index in [2.05, 4.69) is 37.8 Å². The van der Waals surface area contributed by atoms with Gasteiger partial charge in [-0.05, 0) is 34.4 Å². The zero-order chi connectivity index (χ0) is 25.3. The predicted octanol–water partition coefficient (Wildman–Crippen LogP) is 3.27. The van der Waals surface area contributed by atoms with E-state index < -0.39 is 12.0 Å². The molecule has 0 saturated heterocycles. The lowest BCUT2D eigenvalue weighted by Gasteiger charge is -2.18. The van der Waals surface area contributed by atoms with Gasteiger partial charge in [-0.15, -0.1) is 5.10 Å². The van der Waals surface area contributed by atoms with E-state index in [1.54, 1.807) is 6.20 Å². The second kappa shape index (κ2) is 11.9. The average molecular weight is 488 g/mol. The van der Waals surface area contributed by atoms with E-state index >= 15 is 0 Å². The molecule has 2 aromatic heterocycles. The highest BCUT2D eigenvalue weighted by atomic mass is 16.4. The highest BCUT2D eigenvalue weighted by Gasteiger charge is 2.22. The molecular weight excluding hydrogens is 458 g/mol. The number of imidazole rings is 1. The zero-order valence-corrected chi connectivity index (χ0v) is 20.1. The Kier molecular flexibility index (Phi) is 8.17. The summed E-state index contributed by atoms with van der Waals surface area (Å²) in [5, 5.41) is 26.2. The highest BCUT2D eigenvalue weighted by Crippen LogP contribution is 2.18. The molecule has 0 fully saturated rings. The first-order chi connectivity index (χ1) is 17.5. The SMILES string of the molecule is CCCCc1ncc(C(=O)N[C@@H](CC(=O)O)Cc2ccccc2)n1Cc1ccc(-c2nnn[nH]2)cc1. The van der Waals surface area contributed by atoms with Crippen LogP contribution in [0, 0.1) is 0 Å². The molecule has 0 aliphatic rings. The van der Waals surface area contributed by atoms with E-state index in [4.69, 9.17) is 0 Å². The fraction of sp³-hybridized carbons (Fsp3) is 0.308. The molecule has 0 aliphatic heterocycles. The van der Waals surface area contributed by atoms with Gasteiger partial charge in [-0.1, -0.05) is 67.9 Å². The topological polar surface area (TPSA) is 139 Å². The molecule has 0 bridgehead atoms. The molecule has 10 heteroatoms. The zero-order valence-electron chi connectivity index (χ0n) is 20.1. The van der Waals surface area contributed by atoms with Crippen molar-refractivity contribution in [3.05, 3.63) is 83.4 Å². The highest BCUT2D eigenvalue weighted by molar-refractivity contribution is 5.93. The van der Waals surface area contributed by atoms with Crippen LogP contribution in [0.3, 0.4) is 0 Å². The molecule has 0 saturated carbocycles. The number of carboxylic acids is 1. The third-order valence-corrected chi connectivity index (χ3v) is 5.92. The fourth-order valence-corrected chi connectivity index (χ4v) is 4.08. The lowest BCUT2D eigenvalue weighted by molar-refractivity contribution is -0.137. The van der Waals surface area contributed by atoms with Gasteiger partial charge in [0.1, 0.15) is 11.5 Å². The van der Waals surface area contributed by atoms with Crippen molar-refractivity contribution in [3.63, 3.8) is 0 Å². The number of rotatable bonds is 12. The number of hydrogen-bond donors (Lipinski definition) is 3. The summed E-state index contributed by atoms with van der Waals surface area (Å²) < 4.78 is 1.91. The van der Waals surface area contributed by atoms with Crippen molar-refractivity contribution >= 4 is 11.9 Å². The molecule has 186 valence electrons. The number of aryl methyl sites for hydroxylation is 1. The number of carbonyl (C=O) groups is 2. The van der Waals surface area contributed by atoms with Crippen molar-refractivity contribution in [3.8, 4) is 11.4 Å². The Morgan fingerprint density at radius 3 is 2.53 bits per heavy atom. The fourth-order valence-electron chi connectivity index (χ4n) is 4.08. The minimum absolute atomic E-state index is 0.171. The Balaban J connectivity index is 1.55. The number of amides is 1. The lowest BCUT2D eigenvalue weighted by Crippen LogP contribution is -2.39. The van der Waals surface area contributed by atoms with Crippen LogP contribution in [-0.4, -0.2) is 53.2 Å². The van der Waals surface area contributed by atoms with Gasteiger partial charge in [0.15, 0.2) is 5.82 Å². The Bertz CT molecular complexity index is 1270. The quantitative estimate of drug-likeness (QED) is 0.279. The molecule has 1 atom stereocenters. The Morgan fingerprint density at radius 2 is 1.86 bits per heavy atom. The van der Waals surface area contributed by atoms with Crippen LogP contribution in [0.15, 0.2) is 60.8 Å². The summed E-state index contributed by atoms with van der Waals surface area (Å²) in [5.41, 5.74) is 3.22. The number of aliphatic carboxylic acids is 1. The largest absolute Gasteiger partial charge is 0.481 e. The summed E-state index contributed by atoms with van der Waals surface area (Å²) in [4.78, 5) is 29.4. The number of tetrazole rings is 1. The van der Waals surface area contributed by atoms with Crippen LogP contribution in [0.1, 0.15) is 53.6 Å². The maximum absolute atomic E-state index is 13.3. The number of unbranched alkanes of at least 4 members (excludes halogenated alkanes) is 1. The molecule has 4 aromatic rings. The molecule has 1 amide bonds. The van der Waals surface area contributed by atoms with E-state index in [1.807, 2.05) is 59.2 Å². The number of hydrogen-bond acceptors (Lipinski definition) is 6. The van der Waals surface area contributed by atoms with E-state index in [0.29, 0.717) is 24.5 Å². The first-order valence-corrected chi connectivity index (χ1v) is 12.0. The van der Waals surface area contributed by atoms with Crippen LogP contribution >= 0.6 is 0 Å². The molecule has 0 radical (unpaired) electrons. The number of carboxylic acid groups (broad SMARTS) is 1. The summed E-state index contributed by atoms with van der Waals surface area (Å²) in [6, 6.07) is 16.8. The van der Waals surface area contributed by atoms with Gasteiger partial charge >= 0.3 is 5.97 Å². The van der Waals surface area contributed by atoms with Crippen molar-refractivity contribution in [1.82, 2.24) is 35.5 Å². The van der Waals surface area contributed by atoms with Crippen LogP contribution in [0.5, 0.6) is 0 Å². The first kappa shape index (κ1) is 24.8. The molecule has 10 nitrogen and oxygen atoms in total. The van der Waals surface area contributed by atoms with E-state index in [-0.39, 0.29) is 12.3 Å². The summed E-state index contributed by atoms with van der Waals surface area (Å²) in [5.74, 6) is 0.103. The predicted molar refractivity (Wildman–Crippen MR) is 133 cm³/mol. The van der Waals surface area contributed by atoms with Crippen LogP contribution in [0.25, 0.3) is 11.4 Å². The van der Waals surface area contributed by atoms with Crippen LogP contribution < -0.4 is 5.32 Å². The minimum atomic E-state index is -0.963. The summed E-state index contributed by atoms with van der Waals surface area (Å²) in [7, 11) is 0. The second-order valence-electron chi connectivity index (χ2n) is 8.65. The second-order valence-corrected chi connectivity index (χ2v) is 8.65. The first-order valence-electron chi connectivity index (χ1n) is 12.0. The summed E-state index contributed by atoms with van der Waals surface area (Å²) in [6.45, 7) is 2.57. The summed E-state index contributed by atoms with van der Waals surface area (Å²) >= 11 is 0. The summed E-state index contributed by atoms with van der Waals surface area (Å²) in [6.07, 6.45) is 4.53. The molecule has 4 rings (SSSR count). The normalized spacial score (nSPS) is 11.8. The Labute approximate surface area is 208 Å². The Morgan fingerprint density at radius 1 is 1.08 bits per heavy atom. The Hall–Kier alpha value is -4.34. The molecule has 2 heterocycles. The van der Waals surface area contributed by atoms with Crippen molar-refractivity contribution in [2.45, 2.75) is 51.6 Å². The van der Waals surface area contributed by atoms with Gasteiger partial charge < -0.3 is 15.0 Å². The molecule has 0 aliphatic carbocycles. The van der Waals surface area contributed by atoms with Crippen LogP contribution in [0.2, 0.25) is 0 Å². The monoisotopic (exact) mass is 487 g/mol. The number of nitrogens with one attached hydrogen (secondary N) is 2. The van der Waals surface area contributed by atoms with Gasteiger partial charge in [0.25, 0.3) is 5.91 Å². The van der Waals surface area contributed by atoms with Gasteiger partial charge in [-0.3, -0.25) is 9.59 Å². The van der Waals surface area contributed by atoms with Crippen LogP contribution in [-0.2, 0) is 24.2 Å². The number of aromatic amines is 1. The lowest BCUT2D eigenvalue weighted by atomic mass is 10.0. The molecular formula is C26H29N7O3. The third-order valence-electron chi connectivity index (χ3n) is 5.92. The maximum Gasteiger partial charge on any atom is 0.305 e.